The molecule has 1 heterocycles. The van der Waals surface area contributed by atoms with Crippen molar-refractivity contribution in [2.75, 3.05) is 0 Å². The molecule has 1 aliphatic rings. The predicted octanol–water partition coefficient (Wildman–Crippen LogP) is 3.80. The molecule has 1 aromatic heterocycles. The fourth-order valence-electron chi connectivity index (χ4n) is 2.80. The van der Waals surface area contributed by atoms with Crippen LogP contribution in [0, 0.1) is 13.8 Å². The number of benzene rings is 1. The standard InChI is InChI=1S/C16H20N2S/c1-11-5-3-4-6-15(11)13-7-14(8-13)17-9-16-18-12(2)10-19-16/h3-6,10,13-14,17H,7-9H2,1-2H3. The van der Waals surface area contributed by atoms with Crippen molar-refractivity contribution < 1.29 is 0 Å². The molecule has 0 atom stereocenters. The quantitative estimate of drug-likeness (QED) is 0.916. The summed E-state index contributed by atoms with van der Waals surface area (Å²) in [5.74, 6) is 0.747. The van der Waals surface area contributed by atoms with Crippen molar-refractivity contribution in [3.8, 4) is 0 Å². The number of aryl methyl sites for hydroxylation is 2. The van der Waals surface area contributed by atoms with Gasteiger partial charge in [0, 0.05) is 23.7 Å². The van der Waals surface area contributed by atoms with Gasteiger partial charge >= 0.3 is 0 Å². The summed E-state index contributed by atoms with van der Waals surface area (Å²) in [6.07, 6.45) is 2.52. The largest absolute Gasteiger partial charge is 0.308 e. The van der Waals surface area contributed by atoms with E-state index in [2.05, 4.69) is 53.8 Å². The van der Waals surface area contributed by atoms with Gasteiger partial charge < -0.3 is 5.32 Å². The van der Waals surface area contributed by atoms with Gasteiger partial charge in [-0.05, 0) is 43.7 Å². The molecule has 19 heavy (non-hydrogen) atoms. The Morgan fingerprint density at radius 3 is 2.74 bits per heavy atom. The molecule has 0 bridgehead atoms. The minimum Gasteiger partial charge on any atom is -0.308 e. The summed E-state index contributed by atoms with van der Waals surface area (Å²) in [7, 11) is 0. The van der Waals surface area contributed by atoms with E-state index in [1.54, 1.807) is 11.3 Å². The van der Waals surface area contributed by atoms with Crippen molar-refractivity contribution in [1.82, 2.24) is 10.3 Å². The molecule has 3 heteroatoms. The van der Waals surface area contributed by atoms with Crippen molar-refractivity contribution >= 4 is 11.3 Å². The van der Waals surface area contributed by atoms with Gasteiger partial charge in [-0.3, -0.25) is 0 Å². The summed E-state index contributed by atoms with van der Waals surface area (Å²) in [6, 6.07) is 9.43. The fourth-order valence-corrected chi connectivity index (χ4v) is 3.52. The molecule has 1 saturated carbocycles. The molecular weight excluding hydrogens is 252 g/mol. The van der Waals surface area contributed by atoms with E-state index in [9.17, 15) is 0 Å². The topological polar surface area (TPSA) is 24.9 Å². The maximum Gasteiger partial charge on any atom is 0.107 e. The van der Waals surface area contributed by atoms with E-state index >= 15 is 0 Å². The molecular formula is C16H20N2S. The van der Waals surface area contributed by atoms with Crippen LogP contribution < -0.4 is 5.32 Å². The zero-order valence-electron chi connectivity index (χ0n) is 11.5. The van der Waals surface area contributed by atoms with E-state index in [4.69, 9.17) is 0 Å². The molecule has 2 nitrogen and oxygen atoms in total. The minimum atomic E-state index is 0.661. The second-order valence-corrected chi connectivity index (χ2v) is 6.43. The summed E-state index contributed by atoms with van der Waals surface area (Å²) in [5.41, 5.74) is 4.10. The van der Waals surface area contributed by atoms with Crippen molar-refractivity contribution in [2.45, 2.75) is 45.2 Å². The number of hydrogen-bond acceptors (Lipinski definition) is 3. The lowest BCUT2D eigenvalue weighted by atomic mass is 9.74. The van der Waals surface area contributed by atoms with E-state index in [1.165, 1.54) is 29.0 Å². The third-order valence-corrected chi connectivity index (χ3v) is 4.94. The van der Waals surface area contributed by atoms with Crippen LogP contribution in [0.4, 0.5) is 0 Å². The van der Waals surface area contributed by atoms with Gasteiger partial charge in [0.2, 0.25) is 0 Å². The maximum atomic E-state index is 4.49. The smallest absolute Gasteiger partial charge is 0.107 e. The van der Waals surface area contributed by atoms with Crippen LogP contribution in [0.15, 0.2) is 29.6 Å². The highest BCUT2D eigenvalue weighted by molar-refractivity contribution is 7.09. The summed E-state index contributed by atoms with van der Waals surface area (Å²) >= 11 is 1.75. The first kappa shape index (κ1) is 12.8. The molecule has 1 aliphatic carbocycles. The van der Waals surface area contributed by atoms with Crippen LogP contribution in [-0.4, -0.2) is 11.0 Å². The third kappa shape index (κ3) is 2.88. The van der Waals surface area contributed by atoms with Crippen molar-refractivity contribution in [3.63, 3.8) is 0 Å². The molecule has 0 spiro atoms. The fraction of sp³-hybridized carbons (Fsp3) is 0.438. The van der Waals surface area contributed by atoms with E-state index in [1.807, 2.05) is 0 Å². The van der Waals surface area contributed by atoms with Crippen LogP contribution in [0.3, 0.4) is 0 Å². The molecule has 1 fully saturated rings. The normalized spacial score (nSPS) is 22.2. The molecule has 1 N–H and O–H groups in total. The van der Waals surface area contributed by atoms with Crippen LogP contribution in [0.2, 0.25) is 0 Å². The van der Waals surface area contributed by atoms with Crippen LogP contribution in [-0.2, 0) is 6.54 Å². The number of thiazole rings is 1. The molecule has 0 radical (unpaired) electrons. The molecule has 0 amide bonds. The Morgan fingerprint density at radius 1 is 1.26 bits per heavy atom. The van der Waals surface area contributed by atoms with Crippen molar-refractivity contribution in [2.24, 2.45) is 0 Å². The number of nitrogens with zero attached hydrogens (tertiary/aromatic N) is 1. The lowest BCUT2D eigenvalue weighted by molar-refractivity contribution is 0.288. The molecule has 0 saturated heterocycles. The van der Waals surface area contributed by atoms with Crippen LogP contribution in [0.25, 0.3) is 0 Å². The SMILES string of the molecule is Cc1csc(CNC2CC(c3ccccc3C)C2)n1. The van der Waals surface area contributed by atoms with Gasteiger partial charge in [0.05, 0.1) is 0 Å². The van der Waals surface area contributed by atoms with Gasteiger partial charge in [0.1, 0.15) is 5.01 Å². The Morgan fingerprint density at radius 2 is 2.05 bits per heavy atom. The lowest BCUT2D eigenvalue weighted by Crippen LogP contribution is -2.39. The number of rotatable bonds is 4. The van der Waals surface area contributed by atoms with Crippen molar-refractivity contribution in [3.05, 3.63) is 51.5 Å². The van der Waals surface area contributed by atoms with Gasteiger partial charge in [-0.25, -0.2) is 4.98 Å². The Hall–Kier alpha value is -1.19. The van der Waals surface area contributed by atoms with E-state index in [-0.39, 0.29) is 0 Å². The first-order valence-electron chi connectivity index (χ1n) is 6.92. The highest BCUT2D eigenvalue weighted by Gasteiger charge is 2.30. The van der Waals surface area contributed by atoms with Gasteiger partial charge in [0.25, 0.3) is 0 Å². The summed E-state index contributed by atoms with van der Waals surface area (Å²) in [5, 5.41) is 6.94. The number of nitrogens with one attached hydrogen (secondary N) is 1. The second-order valence-electron chi connectivity index (χ2n) is 5.49. The molecule has 0 aliphatic heterocycles. The summed E-state index contributed by atoms with van der Waals surface area (Å²) in [6.45, 7) is 5.19. The van der Waals surface area contributed by atoms with E-state index in [0.29, 0.717) is 6.04 Å². The van der Waals surface area contributed by atoms with Gasteiger partial charge in [0.15, 0.2) is 0 Å². The first-order valence-corrected chi connectivity index (χ1v) is 7.80. The summed E-state index contributed by atoms with van der Waals surface area (Å²) < 4.78 is 0. The Bertz CT molecular complexity index is 555. The lowest BCUT2D eigenvalue weighted by Gasteiger charge is -2.37. The monoisotopic (exact) mass is 272 g/mol. The minimum absolute atomic E-state index is 0.661. The third-order valence-electron chi connectivity index (χ3n) is 3.97. The highest BCUT2D eigenvalue weighted by atomic mass is 32.1. The number of hydrogen-bond donors (Lipinski definition) is 1. The van der Waals surface area contributed by atoms with E-state index in [0.717, 1.165) is 18.2 Å². The summed E-state index contributed by atoms with van der Waals surface area (Å²) in [4.78, 5) is 4.49. The molecule has 1 aromatic carbocycles. The Kier molecular flexibility index (Phi) is 3.67. The highest BCUT2D eigenvalue weighted by Crippen LogP contribution is 2.38. The van der Waals surface area contributed by atoms with Gasteiger partial charge in [-0.2, -0.15) is 0 Å². The van der Waals surface area contributed by atoms with Crippen molar-refractivity contribution in [1.29, 1.82) is 0 Å². The van der Waals surface area contributed by atoms with Crippen LogP contribution in [0.5, 0.6) is 0 Å². The zero-order valence-corrected chi connectivity index (χ0v) is 12.3. The van der Waals surface area contributed by atoms with Crippen LogP contribution in [0.1, 0.15) is 40.6 Å². The zero-order chi connectivity index (χ0) is 13.2. The average Bonchev–Trinajstić information content (AvgIpc) is 2.75. The van der Waals surface area contributed by atoms with Gasteiger partial charge in [-0.1, -0.05) is 24.3 Å². The number of aromatic nitrogens is 1. The molecule has 0 unspecified atom stereocenters. The second kappa shape index (κ2) is 5.43. The van der Waals surface area contributed by atoms with Crippen LogP contribution >= 0.6 is 11.3 Å². The average molecular weight is 272 g/mol. The first-order chi connectivity index (χ1) is 9.22. The predicted molar refractivity (Wildman–Crippen MR) is 80.6 cm³/mol. The molecule has 2 aromatic rings. The van der Waals surface area contributed by atoms with Gasteiger partial charge in [-0.15, -0.1) is 11.3 Å². The Balaban J connectivity index is 1.49. The Labute approximate surface area is 118 Å². The molecule has 100 valence electrons. The van der Waals surface area contributed by atoms with E-state index < -0.39 is 0 Å². The molecule has 3 rings (SSSR count). The maximum absolute atomic E-state index is 4.49.